The van der Waals surface area contributed by atoms with Crippen LogP contribution >= 0.6 is 0 Å². The predicted octanol–water partition coefficient (Wildman–Crippen LogP) is 1.94. The minimum Gasteiger partial charge on any atom is -0.465 e. The maximum atomic E-state index is 11.0. The van der Waals surface area contributed by atoms with Crippen LogP contribution in [0.5, 0.6) is 0 Å². The Bertz CT molecular complexity index is 243. The standard InChI is InChI=1S/C10H19NO5/c1-5-15-10(14)16-8(3)6-7(2)11(4)9(12)13/h7-8H,5-6H2,1-4H3,(H,12,13). The van der Waals surface area contributed by atoms with Gasteiger partial charge in [0.25, 0.3) is 0 Å². The molecular formula is C10H19NO5. The molecule has 94 valence electrons. The summed E-state index contributed by atoms with van der Waals surface area (Å²) < 4.78 is 9.52. The molecule has 0 saturated carbocycles. The van der Waals surface area contributed by atoms with E-state index < -0.39 is 12.2 Å². The van der Waals surface area contributed by atoms with Crippen molar-refractivity contribution in [2.75, 3.05) is 13.7 Å². The summed E-state index contributed by atoms with van der Waals surface area (Å²) in [5.41, 5.74) is 0. The number of hydrogen-bond donors (Lipinski definition) is 1. The molecule has 16 heavy (non-hydrogen) atoms. The molecule has 0 bridgehead atoms. The van der Waals surface area contributed by atoms with Gasteiger partial charge in [-0.05, 0) is 20.8 Å². The summed E-state index contributed by atoms with van der Waals surface area (Å²) in [4.78, 5) is 22.8. The number of nitrogens with zero attached hydrogens (tertiary/aromatic N) is 1. The summed E-state index contributed by atoms with van der Waals surface area (Å²) in [6.07, 6.45) is -1.67. The van der Waals surface area contributed by atoms with Gasteiger partial charge in [0.15, 0.2) is 0 Å². The molecular weight excluding hydrogens is 214 g/mol. The highest BCUT2D eigenvalue weighted by molar-refractivity contribution is 5.64. The average Bonchev–Trinajstić information content (AvgIpc) is 2.16. The number of amides is 1. The van der Waals surface area contributed by atoms with E-state index in [1.54, 1.807) is 20.8 Å². The van der Waals surface area contributed by atoms with Crippen molar-refractivity contribution in [3.8, 4) is 0 Å². The minimum absolute atomic E-state index is 0.220. The van der Waals surface area contributed by atoms with Gasteiger partial charge in [0.05, 0.1) is 6.61 Å². The predicted molar refractivity (Wildman–Crippen MR) is 57.4 cm³/mol. The fraction of sp³-hybridized carbons (Fsp3) is 0.800. The van der Waals surface area contributed by atoms with E-state index in [9.17, 15) is 9.59 Å². The van der Waals surface area contributed by atoms with E-state index in [1.165, 1.54) is 11.9 Å². The van der Waals surface area contributed by atoms with E-state index in [2.05, 4.69) is 4.74 Å². The highest BCUT2D eigenvalue weighted by Gasteiger charge is 2.19. The summed E-state index contributed by atoms with van der Waals surface area (Å²) in [5, 5.41) is 8.72. The Morgan fingerprint density at radius 3 is 2.38 bits per heavy atom. The molecule has 1 amide bonds. The highest BCUT2D eigenvalue weighted by atomic mass is 16.7. The van der Waals surface area contributed by atoms with Crippen molar-refractivity contribution in [1.29, 1.82) is 0 Å². The monoisotopic (exact) mass is 233 g/mol. The fourth-order valence-corrected chi connectivity index (χ4v) is 1.19. The van der Waals surface area contributed by atoms with E-state index in [-0.39, 0.29) is 18.8 Å². The highest BCUT2D eigenvalue weighted by Crippen LogP contribution is 2.08. The Labute approximate surface area is 95.1 Å². The van der Waals surface area contributed by atoms with Gasteiger partial charge in [0, 0.05) is 19.5 Å². The third-order valence-electron chi connectivity index (χ3n) is 2.20. The van der Waals surface area contributed by atoms with Crippen molar-refractivity contribution in [3.05, 3.63) is 0 Å². The van der Waals surface area contributed by atoms with Crippen LogP contribution in [0, 0.1) is 0 Å². The second kappa shape index (κ2) is 6.92. The lowest BCUT2D eigenvalue weighted by atomic mass is 10.1. The Kier molecular flexibility index (Phi) is 6.29. The fourth-order valence-electron chi connectivity index (χ4n) is 1.19. The van der Waals surface area contributed by atoms with Crippen LogP contribution in [0.1, 0.15) is 27.2 Å². The molecule has 0 fully saturated rings. The van der Waals surface area contributed by atoms with Crippen molar-refractivity contribution in [2.45, 2.75) is 39.3 Å². The summed E-state index contributed by atoms with van der Waals surface area (Å²) in [6.45, 7) is 5.39. The quantitative estimate of drug-likeness (QED) is 0.734. The van der Waals surface area contributed by atoms with Crippen LogP contribution in [0.2, 0.25) is 0 Å². The first-order valence-corrected chi connectivity index (χ1v) is 5.17. The Balaban J connectivity index is 3.99. The van der Waals surface area contributed by atoms with Gasteiger partial charge in [-0.1, -0.05) is 0 Å². The zero-order chi connectivity index (χ0) is 12.7. The third-order valence-corrected chi connectivity index (χ3v) is 2.20. The van der Waals surface area contributed by atoms with Crippen LogP contribution in [0.3, 0.4) is 0 Å². The number of carbonyl (C=O) groups excluding carboxylic acids is 1. The van der Waals surface area contributed by atoms with Crippen LogP contribution in [0.25, 0.3) is 0 Å². The molecule has 0 aliphatic heterocycles. The van der Waals surface area contributed by atoms with Gasteiger partial charge >= 0.3 is 12.2 Å². The van der Waals surface area contributed by atoms with Gasteiger partial charge in [0.2, 0.25) is 0 Å². The van der Waals surface area contributed by atoms with Crippen LogP contribution in [-0.4, -0.2) is 48.1 Å². The zero-order valence-electron chi connectivity index (χ0n) is 10.1. The van der Waals surface area contributed by atoms with Crippen LogP contribution in [-0.2, 0) is 9.47 Å². The molecule has 0 aliphatic rings. The molecule has 0 rings (SSSR count). The molecule has 6 heteroatoms. The number of rotatable bonds is 5. The Morgan fingerprint density at radius 1 is 1.38 bits per heavy atom. The largest absolute Gasteiger partial charge is 0.508 e. The third kappa shape index (κ3) is 5.43. The van der Waals surface area contributed by atoms with Crippen LogP contribution < -0.4 is 0 Å². The molecule has 6 nitrogen and oxygen atoms in total. The second-order valence-electron chi connectivity index (χ2n) is 3.59. The molecule has 0 aromatic rings. The first-order chi connectivity index (χ1) is 7.38. The maximum Gasteiger partial charge on any atom is 0.508 e. The van der Waals surface area contributed by atoms with Gasteiger partial charge in [-0.2, -0.15) is 0 Å². The molecule has 0 heterocycles. The van der Waals surface area contributed by atoms with Gasteiger partial charge in [-0.25, -0.2) is 9.59 Å². The SMILES string of the molecule is CCOC(=O)OC(C)CC(C)N(C)C(=O)O. The van der Waals surface area contributed by atoms with Gasteiger partial charge in [-0.3, -0.25) is 0 Å². The molecule has 0 saturated heterocycles. The molecule has 0 aliphatic carbocycles. The number of carbonyl (C=O) groups is 2. The molecule has 0 aromatic heterocycles. The van der Waals surface area contributed by atoms with Crippen molar-refractivity contribution < 1.29 is 24.2 Å². The first-order valence-electron chi connectivity index (χ1n) is 5.17. The second-order valence-corrected chi connectivity index (χ2v) is 3.59. The molecule has 0 radical (unpaired) electrons. The van der Waals surface area contributed by atoms with E-state index in [0.717, 1.165) is 0 Å². The van der Waals surface area contributed by atoms with E-state index in [0.29, 0.717) is 6.42 Å². The topological polar surface area (TPSA) is 76.1 Å². The lowest BCUT2D eigenvalue weighted by molar-refractivity contribution is 0.0226. The average molecular weight is 233 g/mol. The van der Waals surface area contributed by atoms with Crippen molar-refractivity contribution in [1.82, 2.24) is 4.90 Å². The van der Waals surface area contributed by atoms with Crippen molar-refractivity contribution >= 4 is 12.2 Å². The number of carboxylic acid groups (broad SMARTS) is 1. The van der Waals surface area contributed by atoms with E-state index in [1.807, 2.05) is 0 Å². The molecule has 2 atom stereocenters. The maximum absolute atomic E-state index is 11.0. The summed E-state index contributed by atoms with van der Waals surface area (Å²) >= 11 is 0. The summed E-state index contributed by atoms with van der Waals surface area (Å²) in [7, 11) is 1.48. The van der Waals surface area contributed by atoms with Crippen LogP contribution in [0.4, 0.5) is 9.59 Å². The van der Waals surface area contributed by atoms with Crippen molar-refractivity contribution in [2.24, 2.45) is 0 Å². The van der Waals surface area contributed by atoms with Gasteiger partial charge in [0.1, 0.15) is 6.10 Å². The van der Waals surface area contributed by atoms with E-state index in [4.69, 9.17) is 9.84 Å². The first kappa shape index (κ1) is 14.5. The zero-order valence-corrected chi connectivity index (χ0v) is 10.1. The van der Waals surface area contributed by atoms with E-state index >= 15 is 0 Å². The summed E-state index contributed by atoms with van der Waals surface area (Å²) in [5.74, 6) is 0. The molecule has 1 N–H and O–H groups in total. The number of hydrogen-bond acceptors (Lipinski definition) is 4. The molecule has 0 spiro atoms. The molecule has 2 unspecified atom stereocenters. The minimum atomic E-state index is -1.00. The van der Waals surface area contributed by atoms with Crippen molar-refractivity contribution in [3.63, 3.8) is 0 Å². The van der Waals surface area contributed by atoms with Gasteiger partial charge < -0.3 is 19.5 Å². The lowest BCUT2D eigenvalue weighted by Crippen LogP contribution is -2.36. The smallest absolute Gasteiger partial charge is 0.465 e. The normalized spacial score (nSPS) is 13.8. The lowest BCUT2D eigenvalue weighted by Gasteiger charge is -2.24. The molecule has 0 aromatic carbocycles. The Hall–Kier alpha value is -1.46. The Morgan fingerprint density at radius 2 is 1.94 bits per heavy atom. The van der Waals surface area contributed by atoms with Gasteiger partial charge in [-0.15, -0.1) is 0 Å². The van der Waals surface area contributed by atoms with Crippen LogP contribution in [0.15, 0.2) is 0 Å². The summed E-state index contributed by atoms with van der Waals surface area (Å²) in [6, 6.07) is -0.220. The number of ether oxygens (including phenoxy) is 2.